The predicted molar refractivity (Wildman–Crippen MR) is 67.8 cm³/mol. The zero-order chi connectivity index (χ0) is 11.7. The highest BCUT2D eigenvalue weighted by Crippen LogP contribution is 2.22. The van der Waals surface area contributed by atoms with Crippen LogP contribution in [0, 0.1) is 0 Å². The van der Waals surface area contributed by atoms with E-state index >= 15 is 0 Å². The first-order chi connectivity index (χ1) is 8.34. The number of rotatable bonds is 1. The van der Waals surface area contributed by atoms with E-state index in [-0.39, 0.29) is 12.1 Å². The van der Waals surface area contributed by atoms with Gasteiger partial charge in [0.05, 0.1) is 6.10 Å². The molecule has 0 amide bonds. The molecule has 0 saturated carbocycles. The number of hydrogen-bond donors (Lipinski definition) is 2. The van der Waals surface area contributed by atoms with Gasteiger partial charge in [0.15, 0.2) is 0 Å². The molecule has 3 rings (SSSR count). The standard InChI is InChI=1S/C14H20N2O/c17-14-5-7-15-9-13(14)16-8-6-11-3-1-2-4-12(11)10-16/h1-4,13-15,17H,5-10H2/t13-,14-/m1/s1. The Bertz CT molecular complexity index is 394. The van der Waals surface area contributed by atoms with Gasteiger partial charge < -0.3 is 10.4 Å². The van der Waals surface area contributed by atoms with E-state index in [0.29, 0.717) is 0 Å². The van der Waals surface area contributed by atoms with Crippen molar-refractivity contribution in [2.45, 2.75) is 31.5 Å². The molecule has 1 aromatic rings. The van der Waals surface area contributed by atoms with Crippen LogP contribution in [0.3, 0.4) is 0 Å². The number of benzene rings is 1. The maximum atomic E-state index is 10.1. The third kappa shape index (κ3) is 2.23. The van der Waals surface area contributed by atoms with Crippen molar-refractivity contribution in [1.29, 1.82) is 0 Å². The Labute approximate surface area is 102 Å². The molecular formula is C14H20N2O. The lowest BCUT2D eigenvalue weighted by Gasteiger charge is -2.40. The molecule has 1 saturated heterocycles. The third-order valence-corrected chi connectivity index (χ3v) is 4.04. The molecule has 2 N–H and O–H groups in total. The van der Waals surface area contributed by atoms with Gasteiger partial charge >= 0.3 is 0 Å². The summed E-state index contributed by atoms with van der Waals surface area (Å²) in [6, 6.07) is 8.95. The van der Waals surface area contributed by atoms with Crippen LogP contribution in [0.15, 0.2) is 24.3 Å². The number of nitrogens with zero attached hydrogens (tertiary/aromatic N) is 1. The topological polar surface area (TPSA) is 35.5 Å². The molecule has 0 spiro atoms. The van der Waals surface area contributed by atoms with Gasteiger partial charge in [0, 0.05) is 25.7 Å². The Morgan fingerprint density at radius 3 is 2.88 bits per heavy atom. The second-order valence-electron chi connectivity index (χ2n) is 5.12. The highest BCUT2D eigenvalue weighted by atomic mass is 16.3. The van der Waals surface area contributed by atoms with Crippen molar-refractivity contribution in [1.82, 2.24) is 10.2 Å². The molecule has 3 heteroatoms. The van der Waals surface area contributed by atoms with Gasteiger partial charge in [-0.25, -0.2) is 0 Å². The number of fused-ring (bicyclic) bond motifs is 1. The van der Waals surface area contributed by atoms with Crippen LogP contribution >= 0.6 is 0 Å². The second-order valence-corrected chi connectivity index (χ2v) is 5.12. The Morgan fingerprint density at radius 1 is 1.24 bits per heavy atom. The molecule has 2 aliphatic heterocycles. The molecule has 2 aliphatic rings. The van der Waals surface area contributed by atoms with E-state index in [1.807, 2.05) is 0 Å². The number of nitrogens with one attached hydrogen (secondary N) is 1. The average Bonchev–Trinajstić information content (AvgIpc) is 2.39. The molecule has 2 atom stereocenters. The summed E-state index contributed by atoms with van der Waals surface area (Å²) in [4.78, 5) is 2.43. The van der Waals surface area contributed by atoms with Gasteiger partial charge in [0.2, 0.25) is 0 Å². The van der Waals surface area contributed by atoms with Crippen LogP contribution in [0.5, 0.6) is 0 Å². The Kier molecular flexibility index (Phi) is 3.14. The smallest absolute Gasteiger partial charge is 0.0720 e. The van der Waals surface area contributed by atoms with Gasteiger partial charge in [-0.2, -0.15) is 0 Å². The summed E-state index contributed by atoms with van der Waals surface area (Å²) in [5.41, 5.74) is 2.90. The lowest BCUT2D eigenvalue weighted by Crippen LogP contribution is -2.54. The lowest BCUT2D eigenvalue weighted by atomic mass is 9.95. The van der Waals surface area contributed by atoms with E-state index in [1.54, 1.807) is 0 Å². The van der Waals surface area contributed by atoms with Crippen molar-refractivity contribution in [2.75, 3.05) is 19.6 Å². The first-order valence-corrected chi connectivity index (χ1v) is 6.54. The minimum atomic E-state index is -0.165. The highest BCUT2D eigenvalue weighted by Gasteiger charge is 2.30. The summed E-state index contributed by atoms with van der Waals surface area (Å²) >= 11 is 0. The summed E-state index contributed by atoms with van der Waals surface area (Å²) in [6.07, 6.45) is 1.82. The van der Waals surface area contributed by atoms with Gasteiger partial charge in [-0.1, -0.05) is 24.3 Å². The number of aliphatic hydroxyl groups is 1. The van der Waals surface area contributed by atoms with Crippen LogP contribution in [-0.2, 0) is 13.0 Å². The quantitative estimate of drug-likeness (QED) is 0.750. The first kappa shape index (κ1) is 11.2. The second kappa shape index (κ2) is 4.77. The summed E-state index contributed by atoms with van der Waals surface area (Å²) in [5, 5.41) is 13.5. The summed E-state index contributed by atoms with van der Waals surface area (Å²) < 4.78 is 0. The fourth-order valence-electron chi connectivity index (χ4n) is 3.00. The molecule has 0 radical (unpaired) electrons. The maximum absolute atomic E-state index is 10.1. The van der Waals surface area contributed by atoms with E-state index in [2.05, 4.69) is 34.5 Å². The lowest BCUT2D eigenvalue weighted by molar-refractivity contribution is 0.0215. The fourth-order valence-corrected chi connectivity index (χ4v) is 3.00. The summed E-state index contributed by atoms with van der Waals surface area (Å²) in [5.74, 6) is 0. The van der Waals surface area contributed by atoms with Crippen LogP contribution in [0.1, 0.15) is 17.5 Å². The number of aliphatic hydroxyl groups excluding tert-OH is 1. The molecular weight excluding hydrogens is 212 g/mol. The van der Waals surface area contributed by atoms with Gasteiger partial charge in [-0.3, -0.25) is 4.90 Å². The SMILES string of the molecule is O[C@@H]1CCNC[C@H]1N1CCc2ccccc2C1. The van der Waals surface area contributed by atoms with Gasteiger partial charge in [0.25, 0.3) is 0 Å². The van der Waals surface area contributed by atoms with Crippen LogP contribution < -0.4 is 5.32 Å². The zero-order valence-corrected chi connectivity index (χ0v) is 10.1. The van der Waals surface area contributed by atoms with Gasteiger partial charge in [0.1, 0.15) is 0 Å². The number of hydrogen-bond acceptors (Lipinski definition) is 3. The predicted octanol–water partition coefficient (Wildman–Crippen LogP) is 0.767. The molecule has 0 bridgehead atoms. The first-order valence-electron chi connectivity index (χ1n) is 6.54. The molecule has 0 unspecified atom stereocenters. The van der Waals surface area contributed by atoms with E-state index < -0.39 is 0 Å². The summed E-state index contributed by atoms with van der Waals surface area (Å²) in [6.45, 7) is 3.92. The molecule has 0 aliphatic carbocycles. The minimum absolute atomic E-state index is 0.165. The van der Waals surface area contributed by atoms with E-state index in [9.17, 15) is 5.11 Å². The molecule has 92 valence electrons. The Morgan fingerprint density at radius 2 is 2.06 bits per heavy atom. The van der Waals surface area contributed by atoms with E-state index in [0.717, 1.165) is 39.0 Å². The largest absolute Gasteiger partial charge is 0.391 e. The van der Waals surface area contributed by atoms with Crippen molar-refractivity contribution in [3.05, 3.63) is 35.4 Å². The normalized spacial score (nSPS) is 29.9. The van der Waals surface area contributed by atoms with E-state index in [4.69, 9.17) is 0 Å². The fraction of sp³-hybridized carbons (Fsp3) is 0.571. The van der Waals surface area contributed by atoms with Crippen molar-refractivity contribution in [2.24, 2.45) is 0 Å². The van der Waals surface area contributed by atoms with Crippen LogP contribution in [-0.4, -0.2) is 41.8 Å². The number of piperidine rings is 1. The maximum Gasteiger partial charge on any atom is 0.0720 e. The van der Waals surface area contributed by atoms with Crippen molar-refractivity contribution >= 4 is 0 Å². The molecule has 3 nitrogen and oxygen atoms in total. The van der Waals surface area contributed by atoms with Gasteiger partial charge in [-0.15, -0.1) is 0 Å². The minimum Gasteiger partial charge on any atom is -0.391 e. The van der Waals surface area contributed by atoms with Gasteiger partial charge in [-0.05, 0) is 30.5 Å². The van der Waals surface area contributed by atoms with Crippen LogP contribution in [0.25, 0.3) is 0 Å². The van der Waals surface area contributed by atoms with Crippen molar-refractivity contribution in [3.8, 4) is 0 Å². The molecule has 2 heterocycles. The monoisotopic (exact) mass is 232 g/mol. The summed E-state index contributed by atoms with van der Waals surface area (Å²) in [7, 11) is 0. The Balaban J connectivity index is 1.75. The third-order valence-electron chi connectivity index (χ3n) is 4.04. The van der Waals surface area contributed by atoms with Crippen LogP contribution in [0.2, 0.25) is 0 Å². The highest BCUT2D eigenvalue weighted by molar-refractivity contribution is 5.29. The Hall–Kier alpha value is -0.900. The molecule has 1 fully saturated rings. The molecule has 0 aromatic heterocycles. The molecule has 17 heavy (non-hydrogen) atoms. The van der Waals surface area contributed by atoms with E-state index in [1.165, 1.54) is 11.1 Å². The zero-order valence-electron chi connectivity index (χ0n) is 10.1. The average molecular weight is 232 g/mol. The molecule has 1 aromatic carbocycles. The van der Waals surface area contributed by atoms with Crippen molar-refractivity contribution < 1.29 is 5.11 Å². The van der Waals surface area contributed by atoms with Crippen LogP contribution in [0.4, 0.5) is 0 Å². The van der Waals surface area contributed by atoms with Crippen molar-refractivity contribution in [3.63, 3.8) is 0 Å².